The molecule has 0 radical (unpaired) electrons. The first-order valence-electron chi connectivity index (χ1n) is 7.48. The monoisotopic (exact) mass is 339 g/mol. The molecule has 1 aromatic carbocycles. The fraction of sp³-hybridized carbons (Fsp3) is 0.353. The summed E-state index contributed by atoms with van der Waals surface area (Å²) in [6.45, 7) is -1.14. The van der Waals surface area contributed by atoms with Gasteiger partial charge in [-0.05, 0) is 36.8 Å². The van der Waals surface area contributed by atoms with E-state index in [0.717, 1.165) is 0 Å². The Kier molecular flexibility index (Phi) is 6.31. The minimum Gasteiger partial charge on any atom is -0.467 e. The molecule has 0 fully saturated rings. The molecule has 2 aromatic rings. The van der Waals surface area contributed by atoms with Gasteiger partial charge in [-0.2, -0.15) is 8.78 Å². The van der Waals surface area contributed by atoms with Crippen LogP contribution >= 0.6 is 0 Å². The lowest BCUT2D eigenvalue weighted by molar-refractivity contribution is -0.121. The zero-order valence-electron chi connectivity index (χ0n) is 13.1. The van der Waals surface area contributed by atoms with Crippen molar-refractivity contribution in [1.29, 1.82) is 0 Å². The molecule has 2 atom stereocenters. The highest BCUT2D eigenvalue weighted by Crippen LogP contribution is 2.19. The number of carbonyl (C=O) groups excluding carboxylic acids is 1. The fourth-order valence-electron chi connectivity index (χ4n) is 2.33. The molecule has 0 spiro atoms. The van der Waals surface area contributed by atoms with Gasteiger partial charge in [-0.15, -0.1) is 0 Å². The Bertz CT molecular complexity index is 646. The van der Waals surface area contributed by atoms with Gasteiger partial charge < -0.3 is 19.6 Å². The molecular weight excluding hydrogens is 320 g/mol. The molecule has 2 rings (SSSR count). The Hall–Kier alpha value is -2.41. The van der Waals surface area contributed by atoms with Gasteiger partial charge in [0.25, 0.3) is 0 Å². The summed E-state index contributed by atoms with van der Waals surface area (Å²) >= 11 is 0. The standard InChI is InChI=1S/C17H19F2NO4/c1-11(8-14(21)15-6-3-7-23-15)20-16(22)10-12-4-2-5-13(9-12)24-17(18)19/h2-7,9,11,14,17,21H,8,10H2,1H3,(H,20,22). The normalized spacial score (nSPS) is 13.5. The van der Waals surface area contributed by atoms with Crippen LogP contribution in [0.15, 0.2) is 47.1 Å². The summed E-state index contributed by atoms with van der Waals surface area (Å²) < 4.78 is 33.8. The number of aliphatic hydroxyl groups excluding tert-OH is 1. The molecule has 0 saturated heterocycles. The van der Waals surface area contributed by atoms with E-state index in [2.05, 4.69) is 10.1 Å². The first-order chi connectivity index (χ1) is 11.4. The number of ether oxygens (including phenoxy) is 1. The SMILES string of the molecule is CC(CC(O)c1ccco1)NC(=O)Cc1cccc(OC(F)F)c1. The lowest BCUT2D eigenvalue weighted by atomic mass is 10.1. The Morgan fingerprint density at radius 1 is 1.33 bits per heavy atom. The van der Waals surface area contributed by atoms with Crippen LogP contribution in [0.2, 0.25) is 0 Å². The van der Waals surface area contributed by atoms with Crippen LogP contribution in [0.5, 0.6) is 5.75 Å². The molecule has 0 aliphatic rings. The molecule has 2 unspecified atom stereocenters. The maximum atomic E-state index is 12.2. The maximum absolute atomic E-state index is 12.2. The first-order valence-corrected chi connectivity index (χ1v) is 7.48. The van der Waals surface area contributed by atoms with E-state index in [9.17, 15) is 18.7 Å². The highest BCUT2D eigenvalue weighted by molar-refractivity contribution is 5.78. The van der Waals surface area contributed by atoms with Gasteiger partial charge in [0.05, 0.1) is 12.7 Å². The molecule has 24 heavy (non-hydrogen) atoms. The molecule has 1 aromatic heterocycles. The number of benzene rings is 1. The van der Waals surface area contributed by atoms with Crippen LogP contribution in [-0.2, 0) is 11.2 Å². The van der Waals surface area contributed by atoms with E-state index < -0.39 is 12.7 Å². The Morgan fingerprint density at radius 3 is 2.79 bits per heavy atom. The van der Waals surface area contributed by atoms with Crippen LogP contribution in [0.4, 0.5) is 8.78 Å². The second kappa shape index (κ2) is 8.44. The number of carbonyl (C=O) groups is 1. The van der Waals surface area contributed by atoms with Crippen LogP contribution in [0.3, 0.4) is 0 Å². The topological polar surface area (TPSA) is 71.7 Å². The van der Waals surface area contributed by atoms with Gasteiger partial charge in [0.2, 0.25) is 5.91 Å². The predicted molar refractivity (Wildman–Crippen MR) is 82.7 cm³/mol. The average molecular weight is 339 g/mol. The van der Waals surface area contributed by atoms with Gasteiger partial charge in [-0.1, -0.05) is 12.1 Å². The van der Waals surface area contributed by atoms with Gasteiger partial charge in [0, 0.05) is 12.5 Å². The van der Waals surface area contributed by atoms with Crippen molar-refractivity contribution in [3.8, 4) is 5.75 Å². The van der Waals surface area contributed by atoms with Gasteiger partial charge >= 0.3 is 6.61 Å². The van der Waals surface area contributed by atoms with Crippen molar-refractivity contribution in [3.63, 3.8) is 0 Å². The van der Waals surface area contributed by atoms with E-state index >= 15 is 0 Å². The summed E-state index contributed by atoms with van der Waals surface area (Å²) in [5.74, 6) is 0.174. The zero-order chi connectivity index (χ0) is 17.5. The summed E-state index contributed by atoms with van der Waals surface area (Å²) in [5, 5.41) is 12.7. The van der Waals surface area contributed by atoms with E-state index in [0.29, 0.717) is 17.7 Å². The summed E-state index contributed by atoms with van der Waals surface area (Å²) in [6, 6.07) is 9.05. The number of nitrogens with one attached hydrogen (secondary N) is 1. The first kappa shape index (κ1) is 17.9. The third-order valence-electron chi connectivity index (χ3n) is 3.34. The Balaban J connectivity index is 1.84. The number of alkyl halides is 2. The minimum atomic E-state index is -2.91. The predicted octanol–water partition coefficient (Wildman–Crippen LogP) is 3.05. The third-order valence-corrected chi connectivity index (χ3v) is 3.34. The number of rotatable bonds is 8. The second-order valence-corrected chi connectivity index (χ2v) is 5.44. The zero-order valence-corrected chi connectivity index (χ0v) is 13.1. The van der Waals surface area contributed by atoms with E-state index in [-0.39, 0.29) is 24.1 Å². The number of aliphatic hydroxyl groups is 1. The molecule has 2 N–H and O–H groups in total. The van der Waals surface area contributed by atoms with Crippen LogP contribution in [0.25, 0.3) is 0 Å². The highest BCUT2D eigenvalue weighted by atomic mass is 19.3. The number of amides is 1. The maximum Gasteiger partial charge on any atom is 0.387 e. The van der Waals surface area contributed by atoms with Crippen molar-refractivity contribution >= 4 is 5.91 Å². The summed E-state index contributed by atoms with van der Waals surface area (Å²) in [5.41, 5.74) is 0.560. The lowest BCUT2D eigenvalue weighted by Crippen LogP contribution is -2.34. The largest absolute Gasteiger partial charge is 0.467 e. The van der Waals surface area contributed by atoms with E-state index in [1.807, 2.05) is 0 Å². The van der Waals surface area contributed by atoms with Gasteiger partial charge in [0.1, 0.15) is 17.6 Å². The smallest absolute Gasteiger partial charge is 0.387 e. The van der Waals surface area contributed by atoms with Gasteiger partial charge in [-0.25, -0.2) is 0 Å². The van der Waals surface area contributed by atoms with Crippen molar-refractivity contribution < 1.29 is 27.8 Å². The molecule has 7 heteroatoms. The fourth-order valence-corrected chi connectivity index (χ4v) is 2.33. The molecule has 0 aliphatic heterocycles. The third kappa shape index (κ3) is 5.66. The minimum absolute atomic E-state index is 0.0107. The molecule has 130 valence electrons. The van der Waals surface area contributed by atoms with Crippen molar-refractivity contribution in [2.75, 3.05) is 0 Å². The quantitative estimate of drug-likeness (QED) is 0.775. The van der Waals surface area contributed by atoms with Crippen LogP contribution < -0.4 is 10.1 Å². The van der Waals surface area contributed by atoms with Crippen molar-refractivity contribution in [1.82, 2.24) is 5.32 Å². The van der Waals surface area contributed by atoms with Crippen molar-refractivity contribution in [3.05, 3.63) is 54.0 Å². The number of halogens is 2. The number of hydrogen-bond donors (Lipinski definition) is 2. The lowest BCUT2D eigenvalue weighted by Gasteiger charge is -2.17. The van der Waals surface area contributed by atoms with Gasteiger partial charge in [0.15, 0.2) is 0 Å². The average Bonchev–Trinajstić information content (AvgIpc) is 3.00. The molecule has 0 aliphatic carbocycles. The van der Waals surface area contributed by atoms with E-state index in [1.54, 1.807) is 31.2 Å². The summed E-state index contributed by atoms with van der Waals surface area (Å²) in [6.07, 6.45) is 0.990. The molecular formula is C17H19F2NO4. The Labute approximate surface area is 138 Å². The summed E-state index contributed by atoms with van der Waals surface area (Å²) in [4.78, 5) is 12.0. The second-order valence-electron chi connectivity index (χ2n) is 5.44. The van der Waals surface area contributed by atoms with Crippen LogP contribution in [0.1, 0.15) is 30.8 Å². The highest BCUT2D eigenvalue weighted by Gasteiger charge is 2.16. The van der Waals surface area contributed by atoms with Crippen LogP contribution in [-0.4, -0.2) is 23.7 Å². The van der Waals surface area contributed by atoms with Gasteiger partial charge in [-0.3, -0.25) is 4.79 Å². The number of hydrogen-bond acceptors (Lipinski definition) is 4. The molecule has 1 heterocycles. The van der Waals surface area contributed by atoms with E-state index in [1.165, 1.54) is 18.4 Å². The van der Waals surface area contributed by atoms with Crippen molar-refractivity contribution in [2.45, 2.75) is 38.5 Å². The number of furan rings is 1. The Morgan fingerprint density at radius 2 is 2.12 bits per heavy atom. The molecule has 0 saturated carbocycles. The van der Waals surface area contributed by atoms with Crippen LogP contribution in [0, 0.1) is 0 Å². The molecule has 5 nitrogen and oxygen atoms in total. The van der Waals surface area contributed by atoms with Crippen molar-refractivity contribution in [2.24, 2.45) is 0 Å². The molecule has 0 bridgehead atoms. The molecule has 1 amide bonds. The van der Waals surface area contributed by atoms with E-state index in [4.69, 9.17) is 4.42 Å². The summed E-state index contributed by atoms with van der Waals surface area (Å²) in [7, 11) is 0.